The monoisotopic (exact) mass is 151 g/mol. The van der Waals surface area contributed by atoms with Crippen molar-refractivity contribution in [2.75, 3.05) is 6.54 Å². The number of hydrogen-bond acceptors (Lipinski definition) is 1. The van der Waals surface area contributed by atoms with Crippen LogP contribution in [0.5, 0.6) is 0 Å². The molecule has 0 N–H and O–H groups in total. The molecule has 0 saturated carbocycles. The molecule has 0 aliphatic carbocycles. The van der Waals surface area contributed by atoms with Crippen molar-refractivity contribution in [3.05, 3.63) is 17.4 Å². The first-order valence-electron chi connectivity index (χ1n) is 4.15. The van der Waals surface area contributed by atoms with E-state index in [1.807, 2.05) is 26.1 Å². The van der Waals surface area contributed by atoms with Crippen molar-refractivity contribution in [1.29, 1.82) is 0 Å². The summed E-state index contributed by atoms with van der Waals surface area (Å²) in [6.07, 6.45) is 6.08. The SMILES string of the molecule is CCCCN=CC=C=C(C)C. The molecule has 62 valence electrons. The molecule has 0 heterocycles. The fourth-order valence-electron chi connectivity index (χ4n) is 0.581. The Labute approximate surface area is 69.5 Å². The first kappa shape index (κ1) is 10.2. The van der Waals surface area contributed by atoms with E-state index < -0.39 is 0 Å². The summed E-state index contributed by atoms with van der Waals surface area (Å²) in [4.78, 5) is 4.18. The third-order valence-corrected chi connectivity index (χ3v) is 1.19. The van der Waals surface area contributed by atoms with Crippen LogP contribution in [-0.2, 0) is 0 Å². The molecule has 1 nitrogen and oxygen atoms in total. The average molecular weight is 151 g/mol. The van der Waals surface area contributed by atoms with E-state index in [2.05, 4.69) is 17.6 Å². The van der Waals surface area contributed by atoms with Gasteiger partial charge in [0.2, 0.25) is 0 Å². The standard InChI is InChI=1S/C10H17N/c1-4-5-8-11-9-6-7-10(2)3/h6,9H,4-5,8H2,1-3H3. The van der Waals surface area contributed by atoms with E-state index >= 15 is 0 Å². The van der Waals surface area contributed by atoms with E-state index in [1.165, 1.54) is 18.4 Å². The second kappa shape index (κ2) is 7.30. The first-order chi connectivity index (χ1) is 5.27. The molecule has 0 aliphatic rings. The second-order valence-corrected chi connectivity index (χ2v) is 2.72. The lowest BCUT2D eigenvalue weighted by atomic mass is 10.3. The molecule has 0 amide bonds. The Balaban J connectivity index is 3.52. The summed E-state index contributed by atoms with van der Waals surface area (Å²) in [5.74, 6) is 0. The molecule has 11 heavy (non-hydrogen) atoms. The molecule has 0 saturated heterocycles. The molecule has 0 aliphatic heterocycles. The van der Waals surface area contributed by atoms with Crippen LogP contribution in [0.25, 0.3) is 0 Å². The maximum absolute atomic E-state index is 4.18. The molecule has 0 aromatic carbocycles. The number of unbranched alkanes of at least 4 members (excludes halogenated alkanes) is 1. The van der Waals surface area contributed by atoms with E-state index in [-0.39, 0.29) is 0 Å². The maximum Gasteiger partial charge on any atom is 0.0389 e. The van der Waals surface area contributed by atoms with Gasteiger partial charge in [0.05, 0.1) is 0 Å². The predicted octanol–water partition coefficient (Wildman–Crippen LogP) is 2.98. The van der Waals surface area contributed by atoms with Gasteiger partial charge in [0, 0.05) is 12.8 Å². The van der Waals surface area contributed by atoms with Crippen molar-refractivity contribution < 1.29 is 0 Å². The zero-order valence-electron chi connectivity index (χ0n) is 7.72. The van der Waals surface area contributed by atoms with Gasteiger partial charge in [0.1, 0.15) is 0 Å². The van der Waals surface area contributed by atoms with Gasteiger partial charge in [-0.25, -0.2) is 0 Å². The predicted molar refractivity (Wildman–Crippen MR) is 51.2 cm³/mol. The maximum atomic E-state index is 4.18. The van der Waals surface area contributed by atoms with Crippen LogP contribution >= 0.6 is 0 Å². The number of aliphatic imine (C=N–C) groups is 1. The second-order valence-electron chi connectivity index (χ2n) is 2.72. The molecule has 0 fully saturated rings. The van der Waals surface area contributed by atoms with Crippen LogP contribution in [0.2, 0.25) is 0 Å². The van der Waals surface area contributed by atoms with Crippen LogP contribution in [0.4, 0.5) is 0 Å². The normalized spacial score (nSPS) is 9.73. The van der Waals surface area contributed by atoms with Crippen molar-refractivity contribution in [2.45, 2.75) is 33.6 Å². The average Bonchev–Trinajstić information content (AvgIpc) is 1.96. The van der Waals surface area contributed by atoms with Crippen molar-refractivity contribution >= 4 is 6.21 Å². The molecule has 0 aromatic heterocycles. The minimum absolute atomic E-state index is 0.942. The zero-order valence-corrected chi connectivity index (χ0v) is 7.72. The van der Waals surface area contributed by atoms with Gasteiger partial charge in [-0.1, -0.05) is 13.3 Å². The highest BCUT2D eigenvalue weighted by molar-refractivity contribution is 5.70. The molecule has 0 atom stereocenters. The quantitative estimate of drug-likeness (QED) is 0.333. The Hall–Kier alpha value is -0.810. The Morgan fingerprint density at radius 3 is 2.73 bits per heavy atom. The van der Waals surface area contributed by atoms with Crippen LogP contribution in [0, 0.1) is 0 Å². The molecule has 0 rings (SSSR count). The highest BCUT2D eigenvalue weighted by Crippen LogP contribution is 1.86. The molecule has 0 bridgehead atoms. The molecule has 0 unspecified atom stereocenters. The third-order valence-electron chi connectivity index (χ3n) is 1.19. The summed E-state index contributed by atoms with van der Waals surface area (Å²) in [7, 11) is 0. The van der Waals surface area contributed by atoms with Crippen LogP contribution in [0.15, 0.2) is 22.4 Å². The number of allylic oxidation sites excluding steroid dienone is 1. The van der Waals surface area contributed by atoms with Crippen molar-refractivity contribution in [3.8, 4) is 0 Å². The molecular weight excluding hydrogens is 134 g/mol. The molecular formula is C10H17N. The van der Waals surface area contributed by atoms with E-state index in [0.717, 1.165) is 6.54 Å². The molecule has 0 spiro atoms. The van der Waals surface area contributed by atoms with Gasteiger partial charge in [0.15, 0.2) is 0 Å². The summed E-state index contributed by atoms with van der Waals surface area (Å²) in [6.45, 7) is 7.16. The Kier molecular flexibility index (Phi) is 6.76. The van der Waals surface area contributed by atoms with Crippen molar-refractivity contribution in [2.24, 2.45) is 4.99 Å². The number of nitrogens with zero attached hydrogens (tertiary/aromatic N) is 1. The van der Waals surface area contributed by atoms with Gasteiger partial charge in [-0.3, -0.25) is 4.99 Å². The summed E-state index contributed by atoms with van der Waals surface area (Å²) in [6, 6.07) is 0. The van der Waals surface area contributed by atoms with Gasteiger partial charge >= 0.3 is 0 Å². The van der Waals surface area contributed by atoms with Crippen LogP contribution in [0.1, 0.15) is 33.6 Å². The lowest BCUT2D eigenvalue weighted by Crippen LogP contribution is -1.77. The lowest BCUT2D eigenvalue weighted by molar-refractivity contribution is 0.810. The van der Waals surface area contributed by atoms with E-state index in [9.17, 15) is 0 Å². The summed E-state index contributed by atoms with van der Waals surface area (Å²) in [5.41, 5.74) is 4.25. The van der Waals surface area contributed by atoms with Gasteiger partial charge in [-0.2, -0.15) is 0 Å². The number of hydrogen-bond donors (Lipinski definition) is 0. The first-order valence-corrected chi connectivity index (χ1v) is 4.15. The molecule has 0 radical (unpaired) electrons. The van der Waals surface area contributed by atoms with Gasteiger partial charge in [0.25, 0.3) is 0 Å². The van der Waals surface area contributed by atoms with Crippen molar-refractivity contribution in [3.63, 3.8) is 0 Å². The highest BCUT2D eigenvalue weighted by atomic mass is 14.7. The van der Waals surface area contributed by atoms with Gasteiger partial charge < -0.3 is 0 Å². The van der Waals surface area contributed by atoms with Crippen LogP contribution < -0.4 is 0 Å². The lowest BCUT2D eigenvalue weighted by Gasteiger charge is -1.85. The van der Waals surface area contributed by atoms with Crippen molar-refractivity contribution in [1.82, 2.24) is 0 Å². The largest absolute Gasteiger partial charge is 0.293 e. The Morgan fingerprint density at radius 2 is 2.18 bits per heavy atom. The van der Waals surface area contributed by atoms with E-state index in [4.69, 9.17) is 0 Å². The van der Waals surface area contributed by atoms with Crippen LogP contribution in [-0.4, -0.2) is 12.8 Å². The molecule has 1 heteroatoms. The van der Waals surface area contributed by atoms with E-state index in [1.54, 1.807) is 0 Å². The zero-order chi connectivity index (χ0) is 8.53. The fourth-order valence-corrected chi connectivity index (χ4v) is 0.581. The fraction of sp³-hybridized carbons (Fsp3) is 0.600. The smallest absolute Gasteiger partial charge is 0.0389 e. The molecule has 0 aromatic rings. The Morgan fingerprint density at radius 1 is 1.45 bits per heavy atom. The minimum atomic E-state index is 0.942. The summed E-state index contributed by atoms with van der Waals surface area (Å²) >= 11 is 0. The third kappa shape index (κ3) is 9.19. The van der Waals surface area contributed by atoms with Crippen LogP contribution in [0.3, 0.4) is 0 Å². The minimum Gasteiger partial charge on any atom is -0.293 e. The summed E-state index contributed by atoms with van der Waals surface area (Å²) < 4.78 is 0. The topological polar surface area (TPSA) is 12.4 Å². The number of rotatable bonds is 4. The Bertz CT molecular complexity index is 167. The van der Waals surface area contributed by atoms with Gasteiger partial charge in [-0.15, -0.1) is 5.73 Å². The van der Waals surface area contributed by atoms with Gasteiger partial charge in [-0.05, 0) is 31.9 Å². The van der Waals surface area contributed by atoms with E-state index in [0.29, 0.717) is 0 Å². The summed E-state index contributed by atoms with van der Waals surface area (Å²) in [5, 5.41) is 0. The highest BCUT2D eigenvalue weighted by Gasteiger charge is 1.75.